The van der Waals surface area contributed by atoms with Gasteiger partial charge in [-0.3, -0.25) is 9.59 Å². The molecule has 0 spiro atoms. The number of hydrogen-bond acceptors (Lipinski definition) is 4. The average molecular weight is 246 g/mol. The summed E-state index contributed by atoms with van der Waals surface area (Å²) in [6.45, 7) is 5.36. The van der Waals surface area contributed by atoms with Crippen molar-refractivity contribution in [2.24, 2.45) is 5.92 Å². The van der Waals surface area contributed by atoms with Crippen LogP contribution < -0.4 is 10.6 Å². The Balaban J connectivity index is 3.36. The van der Waals surface area contributed by atoms with E-state index in [4.69, 9.17) is 9.47 Å². The third-order valence-corrected chi connectivity index (χ3v) is 1.94. The molecular weight excluding hydrogens is 224 g/mol. The Kier molecular flexibility index (Phi) is 9.37. The fraction of sp³-hybridized carbons (Fsp3) is 0.818. The first-order chi connectivity index (χ1) is 8.07. The molecule has 0 aromatic heterocycles. The topological polar surface area (TPSA) is 76.7 Å². The molecule has 0 saturated heterocycles. The highest BCUT2D eigenvalue weighted by Crippen LogP contribution is 1.88. The number of rotatable bonds is 9. The van der Waals surface area contributed by atoms with Gasteiger partial charge >= 0.3 is 0 Å². The molecule has 0 unspecified atom stereocenters. The summed E-state index contributed by atoms with van der Waals surface area (Å²) in [5.74, 6) is -0.251. The van der Waals surface area contributed by atoms with Crippen molar-refractivity contribution in [1.29, 1.82) is 0 Å². The lowest BCUT2D eigenvalue weighted by molar-refractivity contribution is -0.127. The highest BCUT2D eigenvalue weighted by Gasteiger charge is 2.05. The molecule has 0 aromatic rings. The molecule has 0 radical (unpaired) electrons. The van der Waals surface area contributed by atoms with Gasteiger partial charge in [-0.15, -0.1) is 0 Å². The van der Waals surface area contributed by atoms with E-state index in [2.05, 4.69) is 10.6 Å². The molecule has 6 heteroatoms. The molecule has 2 amide bonds. The fourth-order valence-corrected chi connectivity index (χ4v) is 0.950. The minimum absolute atomic E-state index is 0.0154. The fourth-order valence-electron chi connectivity index (χ4n) is 0.950. The van der Waals surface area contributed by atoms with Crippen molar-refractivity contribution in [2.45, 2.75) is 13.8 Å². The molecule has 0 heterocycles. The Morgan fingerprint density at radius 2 is 1.76 bits per heavy atom. The number of hydrogen-bond donors (Lipinski definition) is 2. The van der Waals surface area contributed by atoms with Crippen LogP contribution in [-0.2, 0) is 19.1 Å². The van der Waals surface area contributed by atoms with Crippen molar-refractivity contribution in [2.75, 3.05) is 40.0 Å². The van der Waals surface area contributed by atoms with E-state index in [-0.39, 0.29) is 24.3 Å². The summed E-state index contributed by atoms with van der Waals surface area (Å²) in [5, 5.41) is 5.33. The second kappa shape index (κ2) is 10.0. The van der Waals surface area contributed by atoms with Gasteiger partial charge in [0.25, 0.3) is 0 Å². The molecule has 6 nitrogen and oxygen atoms in total. The zero-order valence-corrected chi connectivity index (χ0v) is 10.7. The van der Waals surface area contributed by atoms with E-state index in [1.165, 1.54) is 0 Å². The Hall–Kier alpha value is -1.14. The van der Waals surface area contributed by atoms with Gasteiger partial charge in [-0.1, -0.05) is 13.8 Å². The van der Waals surface area contributed by atoms with Crippen LogP contribution in [0.3, 0.4) is 0 Å². The van der Waals surface area contributed by atoms with E-state index in [1.54, 1.807) is 7.11 Å². The van der Waals surface area contributed by atoms with E-state index in [0.29, 0.717) is 26.3 Å². The summed E-state index contributed by atoms with van der Waals surface area (Å²) in [7, 11) is 1.57. The largest absolute Gasteiger partial charge is 0.382 e. The van der Waals surface area contributed by atoms with Crippen LogP contribution in [0.25, 0.3) is 0 Å². The smallest absolute Gasteiger partial charge is 0.246 e. The van der Waals surface area contributed by atoms with Crippen molar-refractivity contribution in [3.63, 3.8) is 0 Å². The second-order valence-corrected chi connectivity index (χ2v) is 3.84. The SMILES string of the molecule is COCCOCC(=O)NCCNC(=O)C(C)C. The predicted octanol–water partition coefficient (Wildman–Crippen LogP) is -0.462. The molecule has 17 heavy (non-hydrogen) atoms. The van der Waals surface area contributed by atoms with Crippen molar-refractivity contribution in [3.8, 4) is 0 Å². The van der Waals surface area contributed by atoms with Crippen LogP contribution in [0.1, 0.15) is 13.8 Å². The number of nitrogens with one attached hydrogen (secondary N) is 2. The summed E-state index contributed by atoms with van der Waals surface area (Å²) in [6.07, 6.45) is 0. The van der Waals surface area contributed by atoms with Crippen molar-refractivity contribution >= 4 is 11.8 Å². The van der Waals surface area contributed by atoms with Crippen molar-refractivity contribution in [3.05, 3.63) is 0 Å². The molecule has 0 bridgehead atoms. The van der Waals surface area contributed by atoms with Gasteiger partial charge in [0.05, 0.1) is 13.2 Å². The summed E-state index contributed by atoms with van der Waals surface area (Å²) in [4.78, 5) is 22.4. The maximum Gasteiger partial charge on any atom is 0.246 e. The Bertz CT molecular complexity index is 232. The van der Waals surface area contributed by atoms with Crippen LogP contribution in [-0.4, -0.2) is 51.8 Å². The van der Waals surface area contributed by atoms with Crippen LogP contribution in [0.5, 0.6) is 0 Å². The molecule has 100 valence electrons. The molecule has 0 aliphatic heterocycles. The van der Waals surface area contributed by atoms with Gasteiger partial charge in [0.2, 0.25) is 11.8 Å². The standard InChI is InChI=1S/C11H22N2O4/c1-9(2)11(15)13-5-4-12-10(14)8-17-7-6-16-3/h9H,4-8H2,1-3H3,(H,12,14)(H,13,15). The number of methoxy groups -OCH3 is 1. The molecule has 0 fully saturated rings. The summed E-state index contributed by atoms with van der Waals surface area (Å²) >= 11 is 0. The third-order valence-electron chi connectivity index (χ3n) is 1.94. The molecule has 0 aliphatic rings. The minimum atomic E-state index is -0.195. The van der Waals surface area contributed by atoms with E-state index in [0.717, 1.165) is 0 Å². The van der Waals surface area contributed by atoms with Crippen LogP contribution >= 0.6 is 0 Å². The second-order valence-electron chi connectivity index (χ2n) is 3.84. The maximum atomic E-state index is 11.2. The van der Waals surface area contributed by atoms with Crippen molar-refractivity contribution < 1.29 is 19.1 Å². The predicted molar refractivity (Wildman–Crippen MR) is 63.6 cm³/mol. The van der Waals surface area contributed by atoms with E-state index in [1.807, 2.05) is 13.8 Å². The summed E-state index contributed by atoms with van der Waals surface area (Å²) in [6, 6.07) is 0. The zero-order chi connectivity index (χ0) is 13.1. The Morgan fingerprint density at radius 3 is 2.35 bits per heavy atom. The lowest BCUT2D eigenvalue weighted by atomic mass is 10.2. The summed E-state index contributed by atoms with van der Waals surface area (Å²) < 4.78 is 9.79. The van der Waals surface area contributed by atoms with Gasteiger partial charge in [-0.05, 0) is 0 Å². The van der Waals surface area contributed by atoms with E-state index >= 15 is 0 Å². The quantitative estimate of drug-likeness (QED) is 0.540. The first-order valence-electron chi connectivity index (χ1n) is 5.69. The normalized spacial score (nSPS) is 10.4. The molecule has 0 aromatic carbocycles. The highest BCUT2D eigenvalue weighted by atomic mass is 16.5. The Morgan fingerprint density at radius 1 is 1.12 bits per heavy atom. The number of ether oxygens (including phenoxy) is 2. The van der Waals surface area contributed by atoms with Gasteiger partial charge in [-0.25, -0.2) is 0 Å². The molecule has 0 saturated carbocycles. The number of carbonyl (C=O) groups is 2. The van der Waals surface area contributed by atoms with Crippen LogP contribution in [0.2, 0.25) is 0 Å². The van der Waals surface area contributed by atoms with Crippen molar-refractivity contribution in [1.82, 2.24) is 10.6 Å². The molecule has 0 rings (SSSR count). The van der Waals surface area contributed by atoms with E-state index in [9.17, 15) is 9.59 Å². The van der Waals surface area contributed by atoms with Gasteiger partial charge < -0.3 is 20.1 Å². The van der Waals surface area contributed by atoms with Crippen LogP contribution in [0.15, 0.2) is 0 Å². The van der Waals surface area contributed by atoms with Gasteiger partial charge in [-0.2, -0.15) is 0 Å². The monoisotopic (exact) mass is 246 g/mol. The van der Waals surface area contributed by atoms with Crippen LogP contribution in [0.4, 0.5) is 0 Å². The summed E-state index contributed by atoms with van der Waals surface area (Å²) in [5.41, 5.74) is 0. The average Bonchev–Trinajstić information content (AvgIpc) is 2.29. The number of amides is 2. The van der Waals surface area contributed by atoms with Gasteiger partial charge in [0.1, 0.15) is 6.61 Å². The van der Waals surface area contributed by atoms with Gasteiger partial charge in [0.15, 0.2) is 0 Å². The minimum Gasteiger partial charge on any atom is -0.382 e. The third kappa shape index (κ3) is 9.77. The number of carbonyl (C=O) groups excluding carboxylic acids is 2. The maximum absolute atomic E-state index is 11.2. The highest BCUT2D eigenvalue weighted by molar-refractivity contribution is 5.78. The van der Waals surface area contributed by atoms with Crippen LogP contribution in [0, 0.1) is 5.92 Å². The molecule has 0 aliphatic carbocycles. The first-order valence-corrected chi connectivity index (χ1v) is 5.69. The molecular formula is C11H22N2O4. The van der Waals surface area contributed by atoms with E-state index < -0.39 is 0 Å². The lowest BCUT2D eigenvalue weighted by Crippen LogP contribution is -2.37. The molecule has 2 N–H and O–H groups in total. The molecule has 0 atom stereocenters. The first kappa shape index (κ1) is 15.9. The van der Waals surface area contributed by atoms with Gasteiger partial charge in [0, 0.05) is 26.1 Å². The zero-order valence-electron chi connectivity index (χ0n) is 10.7. The lowest BCUT2D eigenvalue weighted by Gasteiger charge is -2.08. The Labute approximate surface area is 102 Å².